The highest BCUT2D eigenvalue weighted by Gasteiger charge is 2.26. The van der Waals surface area contributed by atoms with E-state index in [1.54, 1.807) is 13.4 Å². The van der Waals surface area contributed by atoms with Gasteiger partial charge in [-0.3, -0.25) is 9.58 Å². The van der Waals surface area contributed by atoms with Crippen LogP contribution in [0.25, 0.3) is 11.4 Å². The molecule has 0 radical (unpaired) electrons. The number of fused-ring (bicyclic) bond motifs is 1. The van der Waals surface area contributed by atoms with E-state index in [-0.39, 0.29) is 0 Å². The average molecular weight is 374 g/mol. The van der Waals surface area contributed by atoms with Gasteiger partial charge < -0.3 is 9.15 Å². The lowest BCUT2D eigenvalue weighted by atomic mass is 10.0. The van der Waals surface area contributed by atoms with E-state index < -0.39 is 11.6 Å². The summed E-state index contributed by atoms with van der Waals surface area (Å²) in [6.07, 6.45) is 3.75. The number of benzene rings is 1. The largest absolute Gasteiger partial charge is 0.451 e. The topological polar surface area (TPSA) is 56.3 Å². The van der Waals surface area contributed by atoms with Crippen LogP contribution in [0.3, 0.4) is 0 Å². The van der Waals surface area contributed by atoms with Gasteiger partial charge in [-0.1, -0.05) is 0 Å². The van der Waals surface area contributed by atoms with Crippen LogP contribution in [0.4, 0.5) is 8.78 Å². The van der Waals surface area contributed by atoms with Gasteiger partial charge in [0.2, 0.25) is 0 Å². The molecule has 0 saturated carbocycles. The molecule has 0 spiro atoms. The lowest BCUT2D eigenvalue weighted by Gasteiger charge is -2.27. The summed E-state index contributed by atoms with van der Waals surface area (Å²) in [6.45, 7) is 3.10. The van der Waals surface area contributed by atoms with Gasteiger partial charge in [0.1, 0.15) is 29.3 Å². The van der Waals surface area contributed by atoms with E-state index in [2.05, 4.69) is 9.88 Å². The van der Waals surface area contributed by atoms with Crippen LogP contribution in [0.2, 0.25) is 0 Å². The van der Waals surface area contributed by atoms with Crippen molar-refractivity contribution in [3.63, 3.8) is 0 Å². The van der Waals surface area contributed by atoms with Crippen LogP contribution in [0, 0.1) is 11.6 Å². The molecular formula is C19H20F2N4O2. The van der Waals surface area contributed by atoms with Gasteiger partial charge in [-0.15, -0.1) is 0 Å². The molecule has 0 aliphatic carbocycles. The van der Waals surface area contributed by atoms with Crippen LogP contribution in [0.5, 0.6) is 0 Å². The number of oxazole rings is 1. The van der Waals surface area contributed by atoms with Crippen LogP contribution < -0.4 is 0 Å². The summed E-state index contributed by atoms with van der Waals surface area (Å²) in [6, 6.07) is 3.64. The van der Waals surface area contributed by atoms with Crippen LogP contribution in [-0.4, -0.2) is 39.9 Å². The minimum atomic E-state index is -0.557. The molecule has 1 aliphatic heterocycles. The van der Waals surface area contributed by atoms with Crippen LogP contribution >= 0.6 is 0 Å². The van der Waals surface area contributed by atoms with Gasteiger partial charge in [0.25, 0.3) is 0 Å². The molecule has 3 heterocycles. The minimum Gasteiger partial charge on any atom is -0.451 e. The summed E-state index contributed by atoms with van der Waals surface area (Å²) in [4.78, 5) is 6.38. The second-order valence-corrected chi connectivity index (χ2v) is 6.60. The number of aromatic nitrogens is 3. The van der Waals surface area contributed by atoms with E-state index in [9.17, 15) is 8.78 Å². The summed E-state index contributed by atoms with van der Waals surface area (Å²) in [7, 11) is 1.66. The summed E-state index contributed by atoms with van der Waals surface area (Å²) in [5.74, 6) is -1.11. The Bertz CT molecular complexity index is 904. The SMILES string of the molecule is COCCn1nc(-c2cocn2)c2c1CCN(Cc1cc(F)cc(F)c1)C2. The average Bonchev–Trinajstić information content (AvgIpc) is 3.26. The fourth-order valence-corrected chi connectivity index (χ4v) is 3.54. The first-order valence-corrected chi connectivity index (χ1v) is 8.77. The zero-order valence-corrected chi connectivity index (χ0v) is 15.0. The Morgan fingerprint density at radius 2 is 2.04 bits per heavy atom. The number of hydrogen-bond donors (Lipinski definition) is 0. The number of halogens is 2. The number of methoxy groups -OCH3 is 1. The van der Waals surface area contributed by atoms with Gasteiger partial charge >= 0.3 is 0 Å². The third-order valence-corrected chi connectivity index (χ3v) is 4.72. The van der Waals surface area contributed by atoms with E-state index in [0.29, 0.717) is 37.5 Å². The van der Waals surface area contributed by atoms with E-state index in [4.69, 9.17) is 14.3 Å². The Morgan fingerprint density at radius 1 is 1.22 bits per heavy atom. The number of hydrogen-bond acceptors (Lipinski definition) is 5. The van der Waals surface area contributed by atoms with Gasteiger partial charge in [-0.2, -0.15) is 5.10 Å². The van der Waals surface area contributed by atoms with E-state index in [1.807, 2.05) is 4.68 Å². The van der Waals surface area contributed by atoms with Gasteiger partial charge in [0.05, 0.1) is 13.2 Å². The molecule has 0 N–H and O–H groups in total. The summed E-state index contributed by atoms with van der Waals surface area (Å²) in [5.41, 5.74) is 4.30. The molecule has 27 heavy (non-hydrogen) atoms. The second kappa shape index (κ2) is 7.58. The van der Waals surface area contributed by atoms with Crippen molar-refractivity contribution in [1.29, 1.82) is 0 Å². The monoisotopic (exact) mass is 374 g/mol. The van der Waals surface area contributed by atoms with Crippen molar-refractivity contribution >= 4 is 0 Å². The Balaban J connectivity index is 1.61. The van der Waals surface area contributed by atoms with Crippen LogP contribution in [-0.2, 0) is 30.8 Å². The first-order chi connectivity index (χ1) is 13.1. The first kappa shape index (κ1) is 17.8. The van der Waals surface area contributed by atoms with Crippen molar-refractivity contribution in [3.05, 3.63) is 59.3 Å². The number of ether oxygens (including phenoxy) is 1. The lowest BCUT2D eigenvalue weighted by molar-refractivity contribution is 0.180. The zero-order chi connectivity index (χ0) is 18.8. The van der Waals surface area contributed by atoms with Gasteiger partial charge in [0.15, 0.2) is 6.39 Å². The highest BCUT2D eigenvalue weighted by molar-refractivity contribution is 5.59. The molecule has 0 saturated heterocycles. The number of rotatable bonds is 6. The Kier molecular flexibility index (Phi) is 5.00. The fourth-order valence-electron chi connectivity index (χ4n) is 3.54. The molecular weight excluding hydrogens is 354 g/mol. The summed E-state index contributed by atoms with van der Waals surface area (Å²) in [5, 5.41) is 4.71. The minimum absolute atomic E-state index is 0.468. The first-order valence-electron chi connectivity index (χ1n) is 8.77. The highest BCUT2D eigenvalue weighted by Crippen LogP contribution is 2.30. The third-order valence-electron chi connectivity index (χ3n) is 4.72. The van der Waals surface area contributed by atoms with Gasteiger partial charge in [-0.25, -0.2) is 13.8 Å². The van der Waals surface area contributed by atoms with Crippen molar-refractivity contribution in [1.82, 2.24) is 19.7 Å². The molecule has 2 aromatic heterocycles. The molecule has 0 amide bonds. The van der Waals surface area contributed by atoms with Crippen molar-refractivity contribution in [2.45, 2.75) is 26.1 Å². The smallest absolute Gasteiger partial charge is 0.181 e. The quantitative estimate of drug-likeness (QED) is 0.664. The fraction of sp³-hybridized carbons (Fsp3) is 0.368. The second-order valence-electron chi connectivity index (χ2n) is 6.60. The van der Waals surface area contributed by atoms with E-state index in [0.717, 1.165) is 36.0 Å². The summed E-state index contributed by atoms with van der Waals surface area (Å²) >= 11 is 0. The van der Waals surface area contributed by atoms with Crippen molar-refractivity contribution in [2.24, 2.45) is 0 Å². The molecule has 8 heteroatoms. The van der Waals surface area contributed by atoms with Crippen molar-refractivity contribution < 1.29 is 17.9 Å². The molecule has 6 nitrogen and oxygen atoms in total. The molecule has 0 unspecified atom stereocenters. The van der Waals surface area contributed by atoms with Gasteiger partial charge in [-0.05, 0) is 17.7 Å². The highest BCUT2D eigenvalue weighted by atomic mass is 19.1. The third kappa shape index (κ3) is 3.77. The molecule has 4 rings (SSSR count). The molecule has 142 valence electrons. The van der Waals surface area contributed by atoms with Crippen molar-refractivity contribution in [3.8, 4) is 11.4 Å². The van der Waals surface area contributed by atoms with Crippen LogP contribution in [0.15, 0.2) is 35.3 Å². The summed E-state index contributed by atoms with van der Waals surface area (Å²) < 4.78 is 39.2. The molecule has 0 fully saturated rings. The maximum absolute atomic E-state index is 13.5. The molecule has 0 atom stereocenters. The zero-order valence-electron chi connectivity index (χ0n) is 15.0. The van der Waals surface area contributed by atoms with E-state index >= 15 is 0 Å². The Morgan fingerprint density at radius 3 is 2.74 bits per heavy atom. The predicted molar refractivity (Wildman–Crippen MR) is 93.8 cm³/mol. The van der Waals surface area contributed by atoms with E-state index in [1.165, 1.54) is 18.5 Å². The Hall–Kier alpha value is -2.58. The molecule has 1 aromatic carbocycles. The molecule has 3 aromatic rings. The number of nitrogens with zero attached hydrogens (tertiary/aromatic N) is 4. The standard InChI is InChI=1S/C19H20F2N4O2/c1-26-5-4-25-18-2-3-24(9-13-6-14(20)8-15(21)7-13)10-16(18)19(23-25)17-11-27-12-22-17/h6-8,11-12H,2-5,9-10H2,1H3. The molecule has 0 bridgehead atoms. The molecule has 1 aliphatic rings. The predicted octanol–water partition coefficient (Wildman–Crippen LogP) is 3.02. The van der Waals surface area contributed by atoms with Crippen molar-refractivity contribution in [2.75, 3.05) is 20.3 Å². The maximum atomic E-state index is 13.5. The van der Waals surface area contributed by atoms with Gasteiger partial charge in [0, 0.05) is 50.5 Å². The lowest BCUT2D eigenvalue weighted by Crippen LogP contribution is -2.31. The normalized spacial score (nSPS) is 14.5. The van der Waals surface area contributed by atoms with Crippen LogP contribution in [0.1, 0.15) is 16.8 Å². The maximum Gasteiger partial charge on any atom is 0.181 e. The Labute approximate surface area is 155 Å².